The Hall–Kier alpha value is -2.13. The van der Waals surface area contributed by atoms with Crippen molar-refractivity contribution in [2.75, 3.05) is 32.7 Å². The first-order valence-corrected chi connectivity index (χ1v) is 11.9. The van der Waals surface area contributed by atoms with Gasteiger partial charge in [0, 0.05) is 51.0 Å². The fourth-order valence-corrected chi connectivity index (χ4v) is 6.30. The third kappa shape index (κ3) is 4.56. The average Bonchev–Trinajstić information content (AvgIpc) is 3.17. The van der Waals surface area contributed by atoms with E-state index in [2.05, 4.69) is 14.9 Å². The maximum atomic E-state index is 13.3. The van der Waals surface area contributed by atoms with Crippen molar-refractivity contribution < 1.29 is 8.42 Å². The topological polar surface area (TPSA) is 66.4 Å². The number of aryl methyl sites for hydroxylation is 1. The number of benzene rings is 1. The molecule has 0 radical (unpaired) electrons. The van der Waals surface area contributed by atoms with Gasteiger partial charge in [-0.1, -0.05) is 36.4 Å². The van der Waals surface area contributed by atoms with E-state index >= 15 is 0 Å². The SMILES string of the molecule is Cc1nc(S(=O)(=O)N2CCN(CCc3ccccn3)CC2)c(-c2ccccc2)s1. The lowest BCUT2D eigenvalue weighted by atomic mass is 10.2. The summed E-state index contributed by atoms with van der Waals surface area (Å²) >= 11 is 1.43. The van der Waals surface area contributed by atoms with E-state index in [1.165, 1.54) is 11.3 Å². The van der Waals surface area contributed by atoms with Gasteiger partial charge in [-0.05, 0) is 24.6 Å². The molecule has 0 saturated carbocycles. The highest BCUT2D eigenvalue weighted by Crippen LogP contribution is 2.34. The summed E-state index contributed by atoms with van der Waals surface area (Å²) in [7, 11) is -3.62. The Balaban J connectivity index is 1.45. The van der Waals surface area contributed by atoms with Gasteiger partial charge < -0.3 is 4.90 Å². The van der Waals surface area contributed by atoms with Crippen LogP contribution >= 0.6 is 11.3 Å². The van der Waals surface area contributed by atoms with Crippen LogP contribution in [0.25, 0.3) is 10.4 Å². The zero-order valence-electron chi connectivity index (χ0n) is 16.4. The van der Waals surface area contributed by atoms with Crippen LogP contribution < -0.4 is 0 Å². The van der Waals surface area contributed by atoms with Gasteiger partial charge in [0.25, 0.3) is 10.0 Å². The van der Waals surface area contributed by atoms with Crippen molar-refractivity contribution in [3.8, 4) is 10.4 Å². The van der Waals surface area contributed by atoms with Gasteiger partial charge in [0.05, 0.1) is 9.88 Å². The molecule has 4 rings (SSSR count). The van der Waals surface area contributed by atoms with Gasteiger partial charge in [0.15, 0.2) is 5.03 Å². The first-order chi connectivity index (χ1) is 14.0. The van der Waals surface area contributed by atoms with Crippen molar-refractivity contribution in [3.05, 3.63) is 65.4 Å². The van der Waals surface area contributed by atoms with Crippen LogP contribution in [0.5, 0.6) is 0 Å². The Morgan fingerprint density at radius 3 is 2.41 bits per heavy atom. The molecule has 1 fully saturated rings. The van der Waals surface area contributed by atoms with Gasteiger partial charge in [-0.2, -0.15) is 4.31 Å². The molecule has 3 heterocycles. The van der Waals surface area contributed by atoms with Crippen LogP contribution in [0.3, 0.4) is 0 Å². The van der Waals surface area contributed by atoms with Crippen LogP contribution in [0.15, 0.2) is 59.8 Å². The number of aromatic nitrogens is 2. The third-order valence-electron chi connectivity index (χ3n) is 5.06. The predicted molar refractivity (Wildman–Crippen MR) is 115 cm³/mol. The fourth-order valence-electron chi connectivity index (χ4n) is 3.49. The lowest BCUT2D eigenvalue weighted by Gasteiger charge is -2.33. The Morgan fingerprint density at radius 2 is 1.72 bits per heavy atom. The Bertz CT molecular complexity index is 1040. The van der Waals surface area contributed by atoms with E-state index in [1.807, 2.05) is 55.5 Å². The van der Waals surface area contributed by atoms with Crippen molar-refractivity contribution in [3.63, 3.8) is 0 Å². The molecule has 3 aromatic rings. The number of rotatable bonds is 6. The van der Waals surface area contributed by atoms with E-state index in [-0.39, 0.29) is 5.03 Å². The van der Waals surface area contributed by atoms with Crippen LogP contribution in [0.1, 0.15) is 10.7 Å². The standard InChI is InChI=1S/C21H24N4O2S2/c1-17-23-21(20(28-17)18-7-3-2-4-8-18)29(26,27)25-15-13-24(14-16-25)12-10-19-9-5-6-11-22-19/h2-9,11H,10,12-16H2,1H3. The van der Waals surface area contributed by atoms with E-state index in [0.29, 0.717) is 13.1 Å². The highest BCUT2D eigenvalue weighted by Gasteiger charge is 2.33. The molecule has 8 heteroatoms. The third-order valence-corrected chi connectivity index (χ3v) is 8.04. The van der Waals surface area contributed by atoms with Crippen LogP contribution in [0, 0.1) is 6.92 Å². The normalized spacial score (nSPS) is 16.2. The largest absolute Gasteiger partial charge is 0.300 e. The monoisotopic (exact) mass is 428 g/mol. The maximum Gasteiger partial charge on any atom is 0.262 e. The molecule has 0 spiro atoms. The summed E-state index contributed by atoms with van der Waals surface area (Å²) in [5, 5.41) is 0.949. The molecule has 0 amide bonds. The molecule has 1 aromatic carbocycles. The molecule has 0 unspecified atom stereocenters. The highest BCUT2D eigenvalue weighted by atomic mass is 32.2. The van der Waals surface area contributed by atoms with Crippen LogP contribution in [0.4, 0.5) is 0 Å². The molecular formula is C21H24N4O2S2. The summed E-state index contributed by atoms with van der Waals surface area (Å²) in [5.74, 6) is 0. The Labute approximate surface area is 175 Å². The number of pyridine rings is 1. The number of thiazole rings is 1. The quantitative estimate of drug-likeness (QED) is 0.604. The summed E-state index contributed by atoms with van der Waals surface area (Å²) in [6.45, 7) is 5.14. The van der Waals surface area contributed by atoms with Gasteiger partial charge in [0.2, 0.25) is 0 Å². The minimum absolute atomic E-state index is 0.188. The van der Waals surface area contributed by atoms with Crippen molar-refractivity contribution in [1.82, 2.24) is 19.2 Å². The second-order valence-electron chi connectivity index (χ2n) is 7.05. The lowest BCUT2D eigenvalue weighted by Crippen LogP contribution is -2.49. The summed E-state index contributed by atoms with van der Waals surface area (Å²) in [6, 6.07) is 15.6. The number of hydrogen-bond donors (Lipinski definition) is 0. The zero-order valence-corrected chi connectivity index (χ0v) is 18.0. The molecule has 29 heavy (non-hydrogen) atoms. The summed E-state index contributed by atoms with van der Waals surface area (Å²) < 4.78 is 28.2. The molecule has 1 aliphatic heterocycles. The van der Waals surface area contributed by atoms with Crippen molar-refractivity contribution in [1.29, 1.82) is 0 Å². The predicted octanol–water partition coefficient (Wildman–Crippen LogP) is 3.06. The van der Waals surface area contributed by atoms with Gasteiger partial charge >= 0.3 is 0 Å². The second-order valence-corrected chi connectivity index (χ2v) is 10.1. The molecule has 1 aliphatic rings. The number of sulfonamides is 1. The summed E-state index contributed by atoms with van der Waals surface area (Å²) in [5.41, 5.74) is 1.96. The molecular weight excluding hydrogens is 404 g/mol. The highest BCUT2D eigenvalue weighted by molar-refractivity contribution is 7.89. The average molecular weight is 429 g/mol. The number of piperazine rings is 1. The van der Waals surface area contributed by atoms with Crippen molar-refractivity contribution in [2.45, 2.75) is 18.4 Å². The van der Waals surface area contributed by atoms with E-state index < -0.39 is 10.0 Å². The van der Waals surface area contributed by atoms with Crippen LogP contribution in [-0.2, 0) is 16.4 Å². The number of hydrogen-bond acceptors (Lipinski definition) is 6. The minimum atomic E-state index is -3.62. The first kappa shape index (κ1) is 20.2. The van der Waals surface area contributed by atoms with E-state index in [0.717, 1.165) is 47.2 Å². The smallest absolute Gasteiger partial charge is 0.262 e. The van der Waals surface area contributed by atoms with Gasteiger partial charge in [-0.3, -0.25) is 4.98 Å². The van der Waals surface area contributed by atoms with Crippen molar-refractivity contribution >= 4 is 21.4 Å². The molecule has 2 aromatic heterocycles. The van der Waals surface area contributed by atoms with Crippen LogP contribution in [-0.4, -0.2) is 60.3 Å². The van der Waals surface area contributed by atoms with Crippen LogP contribution in [0.2, 0.25) is 0 Å². The Morgan fingerprint density at radius 1 is 1.00 bits per heavy atom. The van der Waals surface area contributed by atoms with Crippen molar-refractivity contribution in [2.24, 2.45) is 0 Å². The van der Waals surface area contributed by atoms with Gasteiger partial charge in [-0.15, -0.1) is 11.3 Å². The van der Waals surface area contributed by atoms with E-state index in [4.69, 9.17) is 0 Å². The summed E-state index contributed by atoms with van der Waals surface area (Å²) in [6.07, 6.45) is 2.68. The maximum absolute atomic E-state index is 13.3. The van der Waals surface area contributed by atoms with E-state index in [1.54, 1.807) is 10.5 Å². The minimum Gasteiger partial charge on any atom is -0.300 e. The molecule has 6 nitrogen and oxygen atoms in total. The summed E-state index contributed by atoms with van der Waals surface area (Å²) in [4.78, 5) is 11.8. The molecule has 0 N–H and O–H groups in total. The second kappa shape index (κ2) is 8.71. The number of nitrogens with zero attached hydrogens (tertiary/aromatic N) is 4. The molecule has 0 aliphatic carbocycles. The fraction of sp³-hybridized carbons (Fsp3) is 0.333. The van der Waals surface area contributed by atoms with Gasteiger partial charge in [0.1, 0.15) is 0 Å². The van der Waals surface area contributed by atoms with E-state index in [9.17, 15) is 8.42 Å². The van der Waals surface area contributed by atoms with Gasteiger partial charge in [-0.25, -0.2) is 13.4 Å². The first-order valence-electron chi connectivity index (χ1n) is 9.69. The molecule has 152 valence electrons. The molecule has 1 saturated heterocycles. The Kier molecular flexibility index (Phi) is 6.05. The molecule has 0 bridgehead atoms. The molecule has 0 atom stereocenters. The zero-order chi connectivity index (χ0) is 20.3. The lowest BCUT2D eigenvalue weighted by molar-refractivity contribution is 0.189.